The molecule has 1 aliphatic carbocycles. The van der Waals surface area contributed by atoms with Gasteiger partial charge in [0.15, 0.2) is 0 Å². The van der Waals surface area contributed by atoms with Gasteiger partial charge in [-0.1, -0.05) is 19.9 Å². The molecule has 0 aromatic heterocycles. The molecule has 2 heteroatoms. The van der Waals surface area contributed by atoms with Gasteiger partial charge in [-0.3, -0.25) is 4.79 Å². The van der Waals surface area contributed by atoms with Gasteiger partial charge < -0.3 is 5.11 Å². The third-order valence-corrected chi connectivity index (χ3v) is 3.91. The lowest BCUT2D eigenvalue weighted by Gasteiger charge is -2.38. The standard InChI is InChI=1S/C13H22O2/c1-4-13(9-12(14)15)7-5-11(6-8-13)10(2)3/h4,10-11H,1,5-9H2,2-3H3,(H,14,15). The fourth-order valence-corrected chi connectivity index (χ4v) is 2.64. The lowest BCUT2D eigenvalue weighted by atomic mass is 9.66. The predicted octanol–water partition coefficient (Wildman–Crippen LogP) is 3.48. The summed E-state index contributed by atoms with van der Waals surface area (Å²) >= 11 is 0. The third-order valence-electron chi connectivity index (χ3n) is 3.91. The first-order valence-electron chi connectivity index (χ1n) is 5.84. The maximum absolute atomic E-state index is 10.8. The van der Waals surface area contributed by atoms with E-state index in [-0.39, 0.29) is 11.8 Å². The molecule has 1 saturated carbocycles. The summed E-state index contributed by atoms with van der Waals surface area (Å²) in [6, 6.07) is 0. The number of aliphatic carboxylic acids is 1. The van der Waals surface area contributed by atoms with E-state index in [0.29, 0.717) is 0 Å². The highest BCUT2D eigenvalue weighted by Crippen LogP contribution is 2.44. The third kappa shape index (κ3) is 3.08. The molecule has 0 atom stereocenters. The van der Waals surface area contributed by atoms with Crippen LogP contribution in [0.5, 0.6) is 0 Å². The molecule has 0 bridgehead atoms. The molecule has 1 N–H and O–H groups in total. The van der Waals surface area contributed by atoms with Gasteiger partial charge in [-0.15, -0.1) is 6.58 Å². The summed E-state index contributed by atoms with van der Waals surface area (Å²) in [6.07, 6.45) is 6.41. The summed E-state index contributed by atoms with van der Waals surface area (Å²) in [5, 5.41) is 8.89. The SMILES string of the molecule is C=CC1(CC(=O)O)CCC(C(C)C)CC1. The Bertz CT molecular complexity index is 235. The summed E-state index contributed by atoms with van der Waals surface area (Å²) < 4.78 is 0. The van der Waals surface area contributed by atoms with Gasteiger partial charge in [-0.05, 0) is 42.9 Å². The highest BCUT2D eigenvalue weighted by Gasteiger charge is 2.35. The summed E-state index contributed by atoms with van der Waals surface area (Å²) in [5.41, 5.74) is -0.128. The van der Waals surface area contributed by atoms with Crippen LogP contribution in [-0.4, -0.2) is 11.1 Å². The molecule has 0 aromatic carbocycles. The minimum atomic E-state index is -0.696. The second-order valence-electron chi connectivity index (χ2n) is 5.22. The lowest BCUT2D eigenvalue weighted by molar-refractivity contribution is -0.139. The van der Waals surface area contributed by atoms with Crippen molar-refractivity contribution in [2.75, 3.05) is 0 Å². The average Bonchev–Trinajstić information content (AvgIpc) is 2.17. The first kappa shape index (κ1) is 12.3. The Labute approximate surface area is 92.4 Å². The number of carboxylic acids is 1. The van der Waals surface area contributed by atoms with Crippen LogP contribution in [0.4, 0.5) is 0 Å². The summed E-state index contributed by atoms with van der Waals surface area (Å²) in [5.74, 6) is 0.794. The maximum atomic E-state index is 10.8. The van der Waals surface area contributed by atoms with Gasteiger partial charge in [-0.25, -0.2) is 0 Å². The fraction of sp³-hybridized carbons (Fsp3) is 0.769. The Kier molecular flexibility index (Phi) is 3.95. The number of hydrogen-bond acceptors (Lipinski definition) is 1. The molecule has 0 saturated heterocycles. The van der Waals surface area contributed by atoms with Crippen LogP contribution in [0, 0.1) is 17.3 Å². The van der Waals surface area contributed by atoms with Crippen molar-refractivity contribution >= 4 is 5.97 Å². The molecular formula is C13H22O2. The molecule has 1 rings (SSSR count). The van der Waals surface area contributed by atoms with Gasteiger partial charge in [0.25, 0.3) is 0 Å². The van der Waals surface area contributed by atoms with Crippen LogP contribution in [0.15, 0.2) is 12.7 Å². The molecule has 2 nitrogen and oxygen atoms in total. The molecule has 15 heavy (non-hydrogen) atoms. The Morgan fingerprint density at radius 1 is 1.53 bits per heavy atom. The molecule has 86 valence electrons. The van der Waals surface area contributed by atoms with E-state index in [1.807, 2.05) is 6.08 Å². The zero-order valence-electron chi connectivity index (χ0n) is 9.83. The van der Waals surface area contributed by atoms with Crippen molar-refractivity contribution in [1.82, 2.24) is 0 Å². The van der Waals surface area contributed by atoms with Crippen molar-refractivity contribution in [3.8, 4) is 0 Å². The van der Waals surface area contributed by atoms with E-state index in [4.69, 9.17) is 5.11 Å². The summed E-state index contributed by atoms with van der Waals surface area (Å²) in [7, 11) is 0. The van der Waals surface area contributed by atoms with Crippen LogP contribution in [0.3, 0.4) is 0 Å². The Balaban J connectivity index is 2.58. The van der Waals surface area contributed by atoms with Crippen molar-refractivity contribution in [3.05, 3.63) is 12.7 Å². The van der Waals surface area contributed by atoms with Gasteiger partial charge in [0, 0.05) is 0 Å². The Hall–Kier alpha value is -0.790. The minimum Gasteiger partial charge on any atom is -0.481 e. The van der Waals surface area contributed by atoms with Gasteiger partial charge >= 0.3 is 5.97 Å². The Morgan fingerprint density at radius 3 is 2.40 bits per heavy atom. The Morgan fingerprint density at radius 2 is 2.07 bits per heavy atom. The average molecular weight is 210 g/mol. The van der Waals surface area contributed by atoms with Crippen LogP contribution >= 0.6 is 0 Å². The monoisotopic (exact) mass is 210 g/mol. The molecule has 1 aliphatic rings. The van der Waals surface area contributed by atoms with Crippen LogP contribution in [0.25, 0.3) is 0 Å². The largest absolute Gasteiger partial charge is 0.481 e. The molecule has 0 aromatic rings. The first-order valence-corrected chi connectivity index (χ1v) is 5.84. The zero-order valence-corrected chi connectivity index (χ0v) is 9.83. The summed E-state index contributed by atoms with van der Waals surface area (Å²) in [4.78, 5) is 10.8. The molecule has 0 radical (unpaired) electrons. The number of carbonyl (C=O) groups is 1. The second kappa shape index (κ2) is 4.82. The highest BCUT2D eigenvalue weighted by atomic mass is 16.4. The smallest absolute Gasteiger partial charge is 0.304 e. The van der Waals surface area contributed by atoms with Crippen molar-refractivity contribution < 1.29 is 9.90 Å². The normalized spacial score (nSPS) is 31.5. The van der Waals surface area contributed by atoms with Gasteiger partial charge in [0.1, 0.15) is 0 Å². The number of hydrogen-bond donors (Lipinski definition) is 1. The van der Waals surface area contributed by atoms with E-state index in [2.05, 4.69) is 20.4 Å². The van der Waals surface area contributed by atoms with E-state index in [0.717, 1.165) is 37.5 Å². The van der Waals surface area contributed by atoms with Crippen LogP contribution in [0.2, 0.25) is 0 Å². The number of allylic oxidation sites excluding steroid dienone is 1. The number of rotatable bonds is 4. The van der Waals surface area contributed by atoms with E-state index in [1.54, 1.807) is 0 Å². The van der Waals surface area contributed by atoms with Crippen molar-refractivity contribution in [1.29, 1.82) is 0 Å². The van der Waals surface area contributed by atoms with Crippen molar-refractivity contribution in [2.24, 2.45) is 17.3 Å². The molecule has 1 fully saturated rings. The van der Waals surface area contributed by atoms with Gasteiger partial charge in [0.2, 0.25) is 0 Å². The molecule has 0 spiro atoms. The van der Waals surface area contributed by atoms with Crippen LogP contribution < -0.4 is 0 Å². The quantitative estimate of drug-likeness (QED) is 0.721. The first-order chi connectivity index (χ1) is 6.99. The predicted molar refractivity (Wildman–Crippen MR) is 61.7 cm³/mol. The van der Waals surface area contributed by atoms with E-state index in [9.17, 15) is 4.79 Å². The van der Waals surface area contributed by atoms with Gasteiger partial charge in [0.05, 0.1) is 6.42 Å². The zero-order chi connectivity index (χ0) is 11.5. The van der Waals surface area contributed by atoms with E-state index in [1.165, 1.54) is 0 Å². The summed E-state index contributed by atoms with van der Waals surface area (Å²) in [6.45, 7) is 8.32. The van der Waals surface area contributed by atoms with E-state index < -0.39 is 5.97 Å². The second-order valence-corrected chi connectivity index (χ2v) is 5.22. The topological polar surface area (TPSA) is 37.3 Å². The fourth-order valence-electron chi connectivity index (χ4n) is 2.64. The van der Waals surface area contributed by atoms with Crippen molar-refractivity contribution in [2.45, 2.75) is 46.0 Å². The minimum absolute atomic E-state index is 0.128. The van der Waals surface area contributed by atoms with Crippen molar-refractivity contribution in [3.63, 3.8) is 0 Å². The van der Waals surface area contributed by atoms with Crippen LogP contribution in [0.1, 0.15) is 46.0 Å². The molecule has 0 amide bonds. The maximum Gasteiger partial charge on any atom is 0.304 e. The number of carboxylic acid groups (broad SMARTS) is 1. The molecule has 0 unspecified atom stereocenters. The highest BCUT2D eigenvalue weighted by molar-refractivity contribution is 5.68. The molecule has 0 aliphatic heterocycles. The van der Waals surface area contributed by atoms with Crippen LogP contribution in [-0.2, 0) is 4.79 Å². The lowest BCUT2D eigenvalue weighted by Crippen LogP contribution is -2.29. The molecule has 0 heterocycles. The molecular weight excluding hydrogens is 188 g/mol. The van der Waals surface area contributed by atoms with E-state index >= 15 is 0 Å². The van der Waals surface area contributed by atoms with Gasteiger partial charge in [-0.2, -0.15) is 0 Å².